The Bertz CT molecular complexity index is 1190. The zero-order valence-corrected chi connectivity index (χ0v) is 17.5. The molecule has 1 amide bonds. The minimum atomic E-state index is -1.21. The van der Waals surface area contributed by atoms with Crippen molar-refractivity contribution >= 4 is 35.0 Å². The summed E-state index contributed by atoms with van der Waals surface area (Å²) in [6.45, 7) is 3.61. The number of halogens is 1. The number of carbonyl (C=O) groups excluding carboxylic acids is 1. The van der Waals surface area contributed by atoms with Gasteiger partial charge in [-0.3, -0.25) is 9.48 Å². The summed E-state index contributed by atoms with van der Waals surface area (Å²) in [5.74, 6) is -1.20. The van der Waals surface area contributed by atoms with Gasteiger partial charge in [-0.15, -0.1) is 0 Å². The molecule has 0 aliphatic carbocycles. The first-order valence-corrected chi connectivity index (χ1v) is 9.71. The topological polar surface area (TPSA) is 136 Å². The monoisotopic (exact) mass is 442 g/mol. The summed E-state index contributed by atoms with van der Waals surface area (Å²) in [5.41, 5.74) is 6.63. The molecular formula is C20H19ClN6O4. The minimum absolute atomic E-state index is 0.0399. The third-order valence-electron chi connectivity index (χ3n) is 5.11. The number of benzene rings is 1. The predicted octanol–water partition coefficient (Wildman–Crippen LogP) is 2.43. The molecular weight excluding hydrogens is 424 g/mol. The lowest BCUT2D eigenvalue weighted by Gasteiger charge is -2.21. The van der Waals surface area contributed by atoms with E-state index >= 15 is 0 Å². The summed E-state index contributed by atoms with van der Waals surface area (Å²) >= 11 is 6.52. The van der Waals surface area contributed by atoms with E-state index in [1.807, 2.05) is 0 Å². The number of anilines is 2. The van der Waals surface area contributed by atoms with E-state index in [4.69, 9.17) is 22.1 Å². The summed E-state index contributed by atoms with van der Waals surface area (Å²) in [6.07, 6.45) is 4.41. The van der Waals surface area contributed by atoms with Gasteiger partial charge in [0, 0.05) is 23.0 Å². The average Bonchev–Trinajstić information content (AvgIpc) is 3.14. The molecule has 0 atom stereocenters. The van der Waals surface area contributed by atoms with Gasteiger partial charge in [0.25, 0.3) is 5.91 Å². The Balaban J connectivity index is 1.67. The van der Waals surface area contributed by atoms with E-state index in [1.54, 1.807) is 44.4 Å². The average molecular weight is 443 g/mol. The van der Waals surface area contributed by atoms with Gasteiger partial charge in [-0.1, -0.05) is 17.7 Å². The Morgan fingerprint density at radius 1 is 1.32 bits per heavy atom. The number of aliphatic carboxylic acids is 1. The number of ether oxygens (including phenoxy) is 1. The number of fused-ring (bicyclic) bond motifs is 1. The molecule has 0 radical (unpaired) electrons. The van der Waals surface area contributed by atoms with Crippen LogP contribution in [0, 0.1) is 0 Å². The van der Waals surface area contributed by atoms with Crippen LogP contribution in [-0.4, -0.2) is 49.9 Å². The number of amides is 1. The zero-order chi connectivity index (χ0) is 22.3. The van der Waals surface area contributed by atoms with E-state index in [0.717, 1.165) is 0 Å². The van der Waals surface area contributed by atoms with Gasteiger partial charge in [0.05, 0.1) is 17.8 Å². The molecule has 0 unspecified atom stereocenters. The van der Waals surface area contributed by atoms with Crippen LogP contribution in [-0.2, 0) is 10.3 Å². The third kappa shape index (κ3) is 3.55. The Kier molecular flexibility index (Phi) is 5.02. The predicted molar refractivity (Wildman–Crippen MR) is 113 cm³/mol. The van der Waals surface area contributed by atoms with E-state index in [-0.39, 0.29) is 36.3 Å². The molecule has 3 N–H and O–H groups in total. The molecule has 0 bridgehead atoms. The maximum absolute atomic E-state index is 13.1. The summed E-state index contributed by atoms with van der Waals surface area (Å²) < 4.78 is 6.91. The SMILES string of the molecule is CC(C)(C(=O)O)n1cc(-c2ccc(N3CCOc4ncnc(N)c4C3=O)cc2Cl)cn1. The second-order valence-electron chi connectivity index (χ2n) is 7.45. The van der Waals surface area contributed by atoms with Gasteiger partial charge in [-0.2, -0.15) is 5.10 Å². The van der Waals surface area contributed by atoms with Gasteiger partial charge in [0.15, 0.2) is 5.54 Å². The van der Waals surface area contributed by atoms with Crippen LogP contribution in [0.3, 0.4) is 0 Å². The number of aromatic nitrogens is 4. The smallest absolute Gasteiger partial charge is 0.331 e. The Morgan fingerprint density at radius 3 is 2.81 bits per heavy atom. The number of nitrogen functional groups attached to an aromatic ring is 1. The second kappa shape index (κ2) is 7.55. The summed E-state index contributed by atoms with van der Waals surface area (Å²) in [7, 11) is 0. The maximum Gasteiger partial charge on any atom is 0.331 e. The van der Waals surface area contributed by atoms with Crippen molar-refractivity contribution in [3.8, 4) is 17.0 Å². The van der Waals surface area contributed by atoms with Crippen LogP contribution in [0.15, 0.2) is 36.9 Å². The molecule has 1 aromatic carbocycles. The van der Waals surface area contributed by atoms with Gasteiger partial charge in [0.1, 0.15) is 24.3 Å². The van der Waals surface area contributed by atoms with Crippen molar-refractivity contribution in [1.82, 2.24) is 19.7 Å². The van der Waals surface area contributed by atoms with Crippen LogP contribution in [0.5, 0.6) is 5.88 Å². The molecule has 2 aromatic heterocycles. The van der Waals surface area contributed by atoms with Crippen LogP contribution in [0.1, 0.15) is 24.2 Å². The summed E-state index contributed by atoms with van der Waals surface area (Å²) in [5, 5.41) is 13.9. The number of carbonyl (C=O) groups is 2. The van der Waals surface area contributed by atoms with Crippen molar-refractivity contribution in [1.29, 1.82) is 0 Å². The first-order valence-electron chi connectivity index (χ1n) is 9.33. The maximum atomic E-state index is 13.1. The van der Waals surface area contributed by atoms with Crippen LogP contribution in [0.25, 0.3) is 11.1 Å². The number of carboxylic acid groups (broad SMARTS) is 1. The van der Waals surface area contributed by atoms with Crippen molar-refractivity contribution in [2.45, 2.75) is 19.4 Å². The van der Waals surface area contributed by atoms with Crippen LogP contribution in [0.2, 0.25) is 5.02 Å². The first kappa shape index (κ1) is 20.6. The molecule has 0 spiro atoms. The Morgan fingerprint density at radius 2 is 2.10 bits per heavy atom. The molecule has 3 heterocycles. The number of hydrogen-bond acceptors (Lipinski definition) is 7. The van der Waals surface area contributed by atoms with Gasteiger partial charge < -0.3 is 20.5 Å². The second-order valence-corrected chi connectivity index (χ2v) is 7.85. The van der Waals surface area contributed by atoms with E-state index in [2.05, 4.69) is 15.1 Å². The van der Waals surface area contributed by atoms with E-state index in [0.29, 0.717) is 21.8 Å². The fraction of sp³-hybridized carbons (Fsp3) is 0.250. The summed E-state index contributed by atoms with van der Waals surface area (Å²) in [6, 6.07) is 5.14. The number of hydrogen-bond donors (Lipinski definition) is 2. The minimum Gasteiger partial charge on any atom is -0.479 e. The van der Waals surface area contributed by atoms with Crippen LogP contribution >= 0.6 is 11.6 Å². The normalized spacial score (nSPS) is 14.0. The van der Waals surface area contributed by atoms with Gasteiger partial charge in [-0.25, -0.2) is 14.8 Å². The molecule has 0 saturated carbocycles. The highest BCUT2D eigenvalue weighted by Gasteiger charge is 2.31. The quantitative estimate of drug-likeness (QED) is 0.628. The molecule has 1 aliphatic heterocycles. The standard InChI is InChI=1S/C20H19ClN6O4/c1-20(2,19(29)30)27-9-11(8-25-27)13-4-3-12(7-14(13)21)26-5-6-31-17-15(18(26)28)16(22)23-10-24-17/h3-4,7-10H,5-6H2,1-2H3,(H,29,30)(H2,22,23,24). The first-order chi connectivity index (χ1) is 14.7. The largest absolute Gasteiger partial charge is 0.479 e. The van der Waals surface area contributed by atoms with E-state index in [9.17, 15) is 14.7 Å². The van der Waals surface area contributed by atoms with Gasteiger partial charge in [-0.05, 0) is 26.0 Å². The Labute approximate surface area is 182 Å². The van der Waals surface area contributed by atoms with Crippen molar-refractivity contribution in [2.75, 3.05) is 23.8 Å². The van der Waals surface area contributed by atoms with Crippen LogP contribution < -0.4 is 15.4 Å². The fourth-order valence-corrected chi connectivity index (χ4v) is 3.46. The molecule has 1 aliphatic rings. The lowest BCUT2D eigenvalue weighted by atomic mass is 10.1. The van der Waals surface area contributed by atoms with Crippen molar-refractivity contribution in [2.24, 2.45) is 0 Å². The lowest BCUT2D eigenvalue weighted by molar-refractivity contribution is -0.146. The molecule has 4 rings (SSSR count). The zero-order valence-electron chi connectivity index (χ0n) is 16.7. The van der Waals surface area contributed by atoms with E-state index in [1.165, 1.54) is 15.9 Å². The molecule has 11 heteroatoms. The summed E-state index contributed by atoms with van der Waals surface area (Å²) in [4.78, 5) is 33.9. The number of rotatable bonds is 4. The molecule has 0 saturated heterocycles. The molecule has 10 nitrogen and oxygen atoms in total. The molecule has 3 aromatic rings. The van der Waals surface area contributed by atoms with Crippen molar-refractivity contribution in [3.05, 3.63) is 47.5 Å². The number of carboxylic acids is 1. The molecule has 31 heavy (non-hydrogen) atoms. The highest BCUT2D eigenvalue weighted by Crippen LogP contribution is 2.34. The number of nitrogens with zero attached hydrogens (tertiary/aromatic N) is 5. The highest BCUT2D eigenvalue weighted by atomic mass is 35.5. The van der Waals surface area contributed by atoms with Crippen molar-refractivity contribution in [3.63, 3.8) is 0 Å². The van der Waals surface area contributed by atoms with Gasteiger partial charge in [0.2, 0.25) is 5.88 Å². The lowest BCUT2D eigenvalue weighted by Crippen LogP contribution is -2.35. The number of nitrogens with two attached hydrogens (primary N) is 1. The van der Waals surface area contributed by atoms with Crippen molar-refractivity contribution < 1.29 is 19.4 Å². The third-order valence-corrected chi connectivity index (χ3v) is 5.42. The molecule has 0 fully saturated rings. The van der Waals surface area contributed by atoms with E-state index < -0.39 is 11.5 Å². The molecule has 160 valence electrons. The van der Waals surface area contributed by atoms with Gasteiger partial charge >= 0.3 is 5.97 Å². The van der Waals surface area contributed by atoms with Crippen LogP contribution in [0.4, 0.5) is 11.5 Å². The fourth-order valence-electron chi connectivity index (χ4n) is 3.18. The Hall–Kier alpha value is -3.66. The highest BCUT2D eigenvalue weighted by molar-refractivity contribution is 6.33.